The van der Waals surface area contributed by atoms with Crippen LogP contribution in [0.3, 0.4) is 0 Å². The Morgan fingerprint density at radius 2 is 1.93 bits per heavy atom. The van der Waals surface area contributed by atoms with Gasteiger partial charge in [0.15, 0.2) is 5.82 Å². The molecule has 2 heteroatoms. The predicted octanol–water partition coefficient (Wildman–Crippen LogP) is 3.01. The first-order valence-corrected chi connectivity index (χ1v) is 4.48. The Labute approximate surface area is 84.7 Å². The lowest BCUT2D eigenvalue weighted by molar-refractivity contribution is 1.12. The number of allylic oxidation sites excluding steroid dienone is 5. The van der Waals surface area contributed by atoms with Crippen LogP contribution in [-0.4, -0.2) is 9.97 Å². The predicted molar refractivity (Wildman–Crippen MR) is 59.6 cm³/mol. The molecule has 0 amide bonds. The smallest absolute Gasteiger partial charge is 0.158 e. The Hall–Kier alpha value is -1.70. The Bertz CT molecular complexity index is 357. The van der Waals surface area contributed by atoms with Crippen LogP contribution in [0.1, 0.15) is 19.7 Å². The molecule has 0 spiro atoms. The van der Waals surface area contributed by atoms with E-state index in [4.69, 9.17) is 0 Å². The normalized spacial score (nSPS) is 10.1. The van der Waals surface area contributed by atoms with Gasteiger partial charge in [-0.3, -0.25) is 0 Å². The van der Waals surface area contributed by atoms with Crippen molar-refractivity contribution >= 4 is 5.57 Å². The van der Waals surface area contributed by atoms with Gasteiger partial charge in [-0.05, 0) is 19.9 Å². The Kier molecular flexibility index (Phi) is 3.80. The second-order valence-electron chi connectivity index (χ2n) is 3.20. The van der Waals surface area contributed by atoms with Gasteiger partial charge in [0.1, 0.15) is 0 Å². The first kappa shape index (κ1) is 10.4. The van der Waals surface area contributed by atoms with E-state index in [9.17, 15) is 0 Å². The first-order valence-electron chi connectivity index (χ1n) is 4.48. The van der Waals surface area contributed by atoms with Crippen molar-refractivity contribution in [1.29, 1.82) is 0 Å². The van der Waals surface area contributed by atoms with Gasteiger partial charge in [-0.25, -0.2) is 9.97 Å². The van der Waals surface area contributed by atoms with Crippen LogP contribution in [0.25, 0.3) is 5.57 Å². The van der Waals surface area contributed by atoms with E-state index in [0.29, 0.717) is 5.82 Å². The molecule has 0 N–H and O–H groups in total. The first-order chi connectivity index (χ1) is 6.70. The van der Waals surface area contributed by atoms with Crippen molar-refractivity contribution in [3.05, 3.63) is 54.7 Å². The SMILES string of the molecule is C=C(/C=C\C=C(C)C)c1ncccn1. The van der Waals surface area contributed by atoms with Gasteiger partial charge in [-0.15, -0.1) is 0 Å². The molecule has 2 nitrogen and oxygen atoms in total. The maximum Gasteiger partial charge on any atom is 0.158 e. The molecule has 14 heavy (non-hydrogen) atoms. The van der Waals surface area contributed by atoms with Crippen LogP contribution in [0.2, 0.25) is 0 Å². The van der Waals surface area contributed by atoms with Gasteiger partial charge in [-0.1, -0.05) is 30.4 Å². The van der Waals surface area contributed by atoms with E-state index in [0.717, 1.165) is 5.57 Å². The fourth-order valence-electron chi connectivity index (χ4n) is 0.896. The highest BCUT2D eigenvalue weighted by atomic mass is 14.8. The summed E-state index contributed by atoms with van der Waals surface area (Å²) in [5.41, 5.74) is 2.08. The quantitative estimate of drug-likeness (QED) is 0.678. The molecule has 0 fully saturated rings. The second-order valence-corrected chi connectivity index (χ2v) is 3.20. The summed E-state index contributed by atoms with van der Waals surface area (Å²) in [4.78, 5) is 8.19. The number of aromatic nitrogens is 2. The van der Waals surface area contributed by atoms with Crippen LogP contribution >= 0.6 is 0 Å². The molecule has 0 aliphatic heterocycles. The van der Waals surface area contributed by atoms with Crippen molar-refractivity contribution in [2.24, 2.45) is 0 Å². The fraction of sp³-hybridized carbons (Fsp3) is 0.167. The van der Waals surface area contributed by atoms with E-state index >= 15 is 0 Å². The third-order valence-electron chi connectivity index (χ3n) is 1.58. The lowest BCUT2D eigenvalue weighted by atomic mass is 10.2. The minimum absolute atomic E-state index is 0.672. The van der Waals surface area contributed by atoms with Crippen LogP contribution in [0, 0.1) is 0 Å². The van der Waals surface area contributed by atoms with Crippen LogP contribution in [0.5, 0.6) is 0 Å². The van der Waals surface area contributed by atoms with Crippen molar-refractivity contribution in [2.75, 3.05) is 0 Å². The summed E-state index contributed by atoms with van der Waals surface area (Å²) in [5, 5.41) is 0. The second kappa shape index (κ2) is 5.12. The van der Waals surface area contributed by atoms with Crippen molar-refractivity contribution < 1.29 is 0 Å². The minimum Gasteiger partial charge on any atom is -0.237 e. The molecular formula is C12H14N2. The average molecular weight is 186 g/mol. The minimum atomic E-state index is 0.672. The topological polar surface area (TPSA) is 25.8 Å². The molecule has 0 saturated heterocycles. The highest BCUT2D eigenvalue weighted by molar-refractivity contribution is 5.67. The molecule has 1 heterocycles. The standard InChI is InChI=1S/C12H14N2/c1-10(2)6-4-7-11(3)12-13-8-5-9-14-12/h4-9H,3H2,1-2H3/b7-4-. The number of nitrogens with zero attached hydrogens (tertiary/aromatic N) is 2. The molecule has 1 aromatic rings. The highest BCUT2D eigenvalue weighted by Gasteiger charge is 1.94. The summed E-state index contributed by atoms with van der Waals surface area (Å²) >= 11 is 0. The van der Waals surface area contributed by atoms with Crippen LogP contribution in [0.4, 0.5) is 0 Å². The molecule has 0 aliphatic rings. The zero-order valence-corrected chi connectivity index (χ0v) is 8.57. The molecule has 0 radical (unpaired) electrons. The monoisotopic (exact) mass is 186 g/mol. The summed E-state index contributed by atoms with van der Waals surface area (Å²) in [6, 6.07) is 1.79. The molecule has 72 valence electrons. The van der Waals surface area contributed by atoms with E-state index in [1.165, 1.54) is 5.57 Å². The van der Waals surface area contributed by atoms with Crippen molar-refractivity contribution in [1.82, 2.24) is 9.97 Å². The van der Waals surface area contributed by atoms with Crippen molar-refractivity contribution in [3.63, 3.8) is 0 Å². The fourth-order valence-corrected chi connectivity index (χ4v) is 0.896. The zero-order valence-electron chi connectivity index (χ0n) is 8.57. The van der Waals surface area contributed by atoms with Crippen LogP contribution < -0.4 is 0 Å². The molecule has 0 aromatic carbocycles. The third kappa shape index (κ3) is 3.35. The Balaban J connectivity index is 2.69. The van der Waals surface area contributed by atoms with E-state index in [-0.39, 0.29) is 0 Å². The largest absolute Gasteiger partial charge is 0.237 e. The lowest BCUT2D eigenvalue weighted by Gasteiger charge is -1.95. The molecule has 0 saturated carbocycles. The molecule has 1 aromatic heterocycles. The summed E-state index contributed by atoms with van der Waals surface area (Å²) in [7, 11) is 0. The number of rotatable bonds is 3. The summed E-state index contributed by atoms with van der Waals surface area (Å²) < 4.78 is 0. The average Bonchev–Trinajstić information content (AvgIpc) is 2.18. The molecule has 0 bridgehead atoms. The summed E-state index contributed by atoms with van der Waals surface area (Å²) in [6.07, 6.45) is 9.30. The van der Waals surface area contributed by atoms with E-state index in [1.807, 2.05) is 32.1 Å². The van der Waals surface area contributed by atoms with Gasteiger partial charge in [0.25, 0.3) is 0 Å². The van der Waals surface area contributed by atoms with Gasteiger partial charge >= 0.3 is 0 Å². The Morgan fingerprint density at radius 1 is 1.29 bits per heavy atom. The van der Waals surface area contributed by atoms with Gasteiger partial charge in [-0.2, -0.15) is 0 Å². The Morgan fingerprint density at radius 3 is 2.50 bits per heavy atom. The van der Waals surface area contributed by atoms with Gasteiger partial charge in [0.05, 0.1) is 0 Å². The third-order valence-corrected chi connectivity index (χ3v) is 1.58. The number of hydrogen-bond donors (Lipinski definition) is 0. The van der Waals surface area contributed by atoms with Crippen LogP contribution in [-0.2, 0) is 0 Å². The zero-order chi connectivity index (χ0) is 10.4. The maximum absolute atomic E-state index is 4.09. The van der Waals surface area contributed by atoms with E-state index in [1.54, 1.807) is 18.5 Å². The van der Waals surface area contributed by atoms with E-state index < -0.39 is 0 Å². The molecular weight excluding hydrogens is 172 g/mol. The highest BCUT2D eigenvalue weighted by Crippen LogP contribution is 2.06. The van der Waals surface area contributed by atoms with E-state index in [2.05, 4.69) is 16.5 Å². The summed E-state index contributed by atoms with van der Waals surface area (Å²) in [5.74, 6) is 0.672. The molecule has 0 aliphatic carbocycles. The van der Waals surface area contributed by atoms with Gasteiger partial charge in [0, 0.05) is 18.0 Å². The van der Waals surface area contributed by atoms with Crippen LogP contribution in [0.15, 0.2) is 48.8 Å². The van der Waals surface area contributed by atoms with Gasteiger partial charge < -0.3 is 0 Å². The van der Waals surface area contributed by atoms with Crippen molar-refractivity contribution in [2.45, 2.75) is 13.8 Å². The summed E-state index contributed by atoms with van der Waals surface area (Å²) in [6.45, 7) is 7.98. The van der Waals surface area contributed by atoms with Gasteiger partial charge in [0.2, 0.25) is 0 Å². The number of hydrogen-bond acceptors (Lipinski definition) is 2. The molecule has 0 atom stereocenters. The lowest BCUT2D eigenvalue weighted by Crippen LogP contribution is -1.88. The molecule has 0 unspecified atom stereocenters. The maximum atomic E-state index is 4.09. The molecule has 1 rings (SSSR count). The van der Waals surface area contributed by atoms with Crippen molar-refractivity contribution in [3.8, 4) is 0 Å².